The van der Waals surface area contributed by atoms with E-state index in [0.29, 0.717) is 23.5 Å². The summed E-state index contributed by atoms with van der Waals surface area (Å²) in [5.74, 6) is 0.844. The van der Waals surface area contributed by atoms with E-state index in [4.69, 9.17) is 7.48 Å². The number of rotatable bonds is 1. The number of hydrogen-bond donors (Lipinski definition) is 0. The number of ether oxygens (including phenoxy) is 1. The molecule has 4 heteroatoms. The third-order valence-electron chi connectivity index (χ3n) is 2.12. The Morgan fingerprint density at radius 3 is 2.62 bits per heavy atom. The van der Waals surface area contributed by atoms with Crippen LogP contribution in [0.1, 0.15) is 27.3 Å². The SMILES string of the molecule is [2H]c1nc(C2CCOCC2)nc([2H])c1Br. The fourth-order valence-electron chi connectivity index (χ4n) is 1.40. The lowest BCUT2D eigenvalue weighted by molar-refractivity contribution is 0.0835. The van der Waals surface area contributed by atoms with Crippen LogP contribution in [-0.2, 0) is 4.74 Å². The zero-order valence-corrected chi connectivity index (χ0v) is 8.67. The van der Waals surface area contributed by atoms with Crippen molar-refractivity contribution < 1.29 is 7.48 Å². The normalized spacial score (nSPS) is 21.0. The minimum atomic E-state index is 0.0940. The molecule has 0 bridgehead atoms. The molecule has 1 aliphatic heterocycles. The molecule has 0 aromatic carbocycles. The van der Waals surface area contributed by atoms with Gasteiger partial charge in [-0.15, -0.1) is 0 Å². The second kappa shape index (κ2) is 4.15. The van der Waals surface area contributed by atoms with Gasteiger partial charge in [-0.1, -0.05) is 0 Å². The van der Waals surface area contributed by atoms with E-state index in [1.807, 2.05) is 0 Å². The van der Waals surface area contributed by atoms with Gasteiger partial charge in [-0.3, -0.25) is 0 Å². The van der Waals surface area contributed by atoms with Gasteiger partial charge in [0, 0.05) is 31.5 Å². The van der Waals surface area contributed by atoms with Gasteiger partial charge in [0.15, 0.2) is 0 Å². The van der Waals surface area contributed by atoms with Gasteiger partial charge in [0.25, 0.3) is 0 Å². The van der Waals surface area contributed by atoms with Gasteiger partial charge in [-0.25, -0.2) is 9.97 Å². The molecule has 13 heavy (non-hydrogen) atoms. The van der Waals surface area contributed by atoms with Crippen LogP contribution < -0.4 is 0 Å². The van der Waals surface area contributed by atoms with Crippen LogP contribution in [0.15, 0.2) is 16.8 Å². The Balaban J connectivity index is 2.27. The molecule has 2 rings (SSSR count). The number of hydrogen-bond acceptors (Lipinski definition) is 3. The minimum Gasteiger partial charge on any atom is -0.381 e. The molecule has 0 unspecified atom stereocenters. The first kappa shape index (κ1) is 6.90. The Morgan fingerprint density at radius 2 is 2.00 bits per heavy atom. The van der Waals surface area contributed by atoms with Gasteiger partial charge in [0.1, 0.15) is 5.82 Å². The average molecular weight is 245 g/mol. The van der Waals surface area contributed by atoms with Crippen LogP contribution in [0.25, 0.3) is 0 Å². The van der Waals surface area contributed by atoms with E-state index >= 15 is 0 Å². The molecule has 1 fully saturated rings. The summed E-state index contributed by atoms with van der Waals surface area (Å²) >= 11 is 3.11. The van der Waals surface area contributed by atoms with Crippen LogP contribution in [0, 0.1) is 0 Å². The molecule has 1 aliphatic rings. The Kier molecular flexibility index (Phi) is 2.20. The Bertz CT molecular complexity index is 346. The number of nitrogens with zero attached hydrogens (tertiary/aromatic N) is 2. The highest BCUT2D eigenvalue weighted by molar-refractivity contribution is 9.10. The monoisotopic (exact) mass is 244 g/mol. The molecule has 1 saturated heterocycles. The highest BCUT2D eigenvalue weighted by atomic mass is 79.9. The van der Waals surface area contributed by atoms with Crippen molar-refractivity contribution in [1.29, 1.82) is 0 Å². The van der Waals surface area contributed by atoms with Gasteiger partial charge in [-0.05, 0) is 28.8 Å². The van der Waals surface area contributed by atoms with Crippen molar-refractivity contribution >= 4 is 15.9 Å². The van der Waals surface area contributed by atoms with Crippen LogP contribution in [0.4, 0.5) is 0 Å². The summed E-state index contributed by atoms with van der Waals surface area (Å²) in [4.78, 5) is 8.18. The summed E-state index contributed by atoms with van der Waals surface area (Å²) in [7, 11) is 0. The predicted octanol–water partition coefficient (Wildman–Crippen LogP) is 2.13. The van der Waals surface area contributed by atoms with E-state index < -0.39 is 0 Å². The third kappa shape index (κ3) is 2.25. The smallest absolute Gasteiger partial charge is 0.131 e. The van der Waals surface area contributed by atoms with Crippen LogP contribution in [0.3, 0.4) is 0 Å². The Morgan fingerprint density at radius 1 is 1.38 bits per heavy atom. The highest BCUT2D eigenvalue weighted by Gasteiger charge is 2.17. The molecule has 0 amide bonds. The zero-order valence-electron chi connectivity index (χ0n) is 9.09. The third-order valence-corrected chi connectivity index (χ3v) is 2.48. The highest BCUT2D eigenvalue weighted by Crippen LogP contribution is 2.23. The molecule has 1 aromatic heterocycles. The fourth-order valence-corrected chi connectivity index (χ4v) is 1.58. The van der Waals surface area contributed by atoms with E-state index in [1.54, 1.807) is 0 Å². The lowest BCUT2D eigenvalue weighted by atomic mass is 10.00. The first-order valence-corrected chi connectivity index (χ1v) is 5.06. The summed E-state index contributed by atoms with van der Waals surface area (Å²) in [6.07, 6.45) is 1.94. The lowest BCUT2D eigenvalue weighted by Crippen LogP contribution is -2.16. The largest absolute Gasteiger partial charge is 0.381 e. The van der Waals surface area contributed by atoms with Crippen LogP contribution >= 0.6 is 15.9 Å². The van der Waals surface area contributed by atoms with Crippen molar-refractivity contribution in [2.24, 2.45) is 0 Å². The molecule has 0 spiro atoms. The maximum Gasteiger partial charge on any atom is 0.131 e. The van der Waals surface area contributed by atoms with E-state index in [-0.39, 0.29) is 18.3 Å². The van der Waals surface area contributed by atoms with E-state index in [1.165, 1.54) is 0 Å². The maximum absolute atomic E-state index is 7.57. The first-order chi connectivity index (χ1) is 7.18. The van der Waals surface area contributed by atoms with Crippen molar-refractivity contribution in [3.05, 3.63) is 22.6 Å². The van der Waals surface area contributed by atoms with Gasteiger partial charge in [0.2, 0.25) is 0 Å². The van der Waals surface area contributed by atoms with Crippen molar-refractivity contribution in [1.82, 2.24) is 9.97 Å². The summed E-state index contributed by atoms with van der Waals surface area (Å²) in [5.41, 5.74) is 0. The van der Waals surface area contributed by atoms with Gasteiger partial charge in [-0.2, -0.15) is 0 Å². The summed E-state index contributed by atoms with van der Waals surface area (Å²) in [5, 5.41) is 0. The van der Waals surface area contributed by atoms with Crippen molar-refractivity contribution in [3.8, 4) is 0 Å². The molecule has 70 valence electrons. The topological polar surface area (TPSA) is 35.0 Å². The van der Waals surface area contributed by atoms with Gasteiger partial charge in [0.05, 0.1) is 7.21 Å². The summed E-state index contributed by atoms with van der Waals surface area (Å²) in [6, 6.07) is 0. The Hall–Kier alpha value is -0.480. The van der Waals surface area contributed by atoms with Crippen LogP contribution in [0.5, 0.6) is 0 Å². The summed E-state index contributed by atoms with van der Waals surface area (Å²) in [6.45, 7) is 1.43. The molecule has 0 radical (unpaired) electrons. The molecule has 3 nitrogen and oxygen atoms in total. The molecular formula is C9H11BrN2O. The molecule has 0 aliphatic carbocycles. The minimum absolute atomic E-state index is 0.0940. The molecule has 1 aromatic rings. The van der Waals surface area contributed by atoms with Crippen molar-refractivity contribution in [2.45, 2.75) is 18.8 Å². The second-order valence-corrected chi connectivity index (χ2v) is 3.80. The molecular weight excluding hydrogens is 232 g/mol. The second-order valence-electron chi connectivity index (χ2n) is 3.01. The molecule has 0 atom stereocenters. The average Bonchev–Trinajstić information content (AvgIpc) is 2.26. The standard InChI is InChI=1S/C9H11BrN2O/c10-8-5-11-9(12-6-8)7-1-3-13-4-2-7/h5-7H,1-4H2/i5D,6D. The van der Waals surface area contributed by atoms with Crippen LogP contribution in [0.2, 0.25) is 0 Å². The molecule has 0 saturated carbocycles. The fraction of sp³-hybridized carbons (Fsp3) is 0.556. The number of halogens is 1. The van der Waals surface area contributed by atoms with Crippen molar-refractivity contribution in [3.63, 3.8) is 0 Å². The Labute approximate surface area is 88.5 Å². The predicted molar refractivity (Wildman–Crippen MR) is 52.5 cm³/mol. The van der Waals surface area contributed by atoms with Crippen molar-refractivity contribution in [2.75, 3.05) is 13.2 Å². The van der Waals surface area contributed by atoms with Gasteiger partial charge >= 0.3 is 0 Å². The van der Waals surface area contributed by atoms with Crippen LogP contribution in [-0.4, -0.2) is 23.2 Å². The zero-order chi connectivity index (χ0) is 10.8. The quantitative estimate of drug-likeness (QED) is 0.760. The number of aromatic nitrogens is 2. The molecule has 2 heterocycles. The summed E-state index contributed by atoms with van der Waals surface area (Å²) < 4.78 is 20.7. The lowest BCUT2D eigenvalue weighted by Gasteiger charge is -2.20. The van der Waals surface area contributed by atoms with E-state index in [2.05, 4.69) is 25.9 Å². The van der Waals surface area contributed by atoms with E-state index in [0.717, 1.165) is 12.8 Å². The van der Waals surface area contributed by atoms with Gasteiger partial charge < -0.3 is 4.74 Å². The molecule has 0 N–H and O–H groups in total. The maximum atomic E-state index is 7.57. The van der Waals surface area contributed by atoms with E-state index in [9.17, 15) is 0 Å². The first-order valence-electron chi connectivity index (χ1n) is 5.27.